The summed E-state index contributed by atoms with van der Waals surface area (Å²) in [5.41, 5.74) is 6.96. The molecule has 28 heavy (non-hydrogen) atoms. The number of halogens is 1. The number of hydrogen-bond donors (Lipinski definition) is 2. The maximum absolute atomic E-state index is 13.0. The molecule has 0 bridgehead atoms. The maximum Gasteiger partial charge on any atom is 0.241 e. The first-order valence-corrected chi connectivity index (χ1v) is 11.2. The predicted octanol–water partition coefficient (Wildman–Crippen LogP) is 2.70. The Balaban J connectivity index is 0.00000392. The molecule has 160 valence electrons. The van der Waals surface area contributed by atoms with Gasteiger partial charge in [-0.2, -0.15) is 4.72 Å². The van der Waals surface area contributed by atoms with Gasteiger partial charge in [-0.3, -0.25) is 4.79 Å². The van der Waals surface area contributed by atoms with E-state index in [1.165, 1.54) is 0 Å². The Morgan fingerprint density at radius 1 is 1.18 bits per heavy atom. The number of aryl methyl sites for hydroxylation is 1. The van der Waals surface area contributed by atoms with Gasteiger partial charge in [-0.1, -0.05) is 31.5 Å². The molecule has 0 spiro atoms. The predicted molar refractivity (Wildman–Crippen MR) is 115 cm³/mol. The van der Waals surface area contributed by atoms with Crippen LogP contribution in [0.1, 0.15) is 45.6 Å². The van der Waals surface area contributed by atoms with Crippen LogP contribution in [0.5, 0.6) is 0 Å². The molecule has 2 unspecified atom stereocenters. The topological polar surface area (TPSA) is 92.5 Å². The van der Waals surface area contributed by atoms with E-state index in [0.717, 1.165) is 18.4 Å². The highest BCUT2D eigenvalue weighted by atomic mass is 35.5. The van der Waals surface area contributed by atoms with Crippen LogP contribution in [0.3, 0.4) is 0 Å². The van der Waals surface area contributed by atoms with Crippen LogP contribution in [0.15, 0.2) is 29.2 Å². The number of hydrogen-bond acceptors (Lipinski definition) is 4. The lowest BCUT2D eigenvalue weighted by molar-refractivity contribution is -0.134. The number of nitrogens with zero attached hydrogens (tertiary/aromatic N) is 1. The number of nitrogens with two attached hydrogens (primary N) is 1. The van der Waals surface area contributed by atoms with Crippen LogP contribution < -0.4 is 10.5 Å². The summed E-state index contributed by atoms with van der Waals surface area (Å²) < 4.78 is 28.2. The van der Waals surface area contributed by atoms with Gasteiger partial charge in [0.1, 0.15) is 6.04 Å². The minimum Gasteiger partial charge on any atom is -0.341 e. The summed E-state index contributed by atoms with van der Waals surface area (Å²) in [6.45, 7) is 9.14. The van der Waals surface area contributed by atoms with Gasteiger partial charge in [0.15, 0.2) is 0 Å². The lowest BCUT2D eigenvalue weighted by Crippen LogP contribution is -2.52. The van der Waals surface area contributed by atoms with Gasteiger partial charge >= 0.3 is 0 Å². The van der Waals surface area contributed by atoms with Gasteiger partial charge in [-0.05, 0) is 57.1 Å². The van der Waals surface area contributed by atoms with E-state index in [-0.39, 0.29) is 35.2 Å². The van der Waals surface area contributed by atoms with E-state index in [1.807, 2.05) is 27.7 Å². The summed E-state index contributed by atoms with van der Waals surface area (Å²) >= 11 is 0. The van der Waals surface area contributed by atoms with Gasteiger partial charge in [0.05, 0.1) is 4.90 Å². The summed E-state index contributed by atoms with van der Waals surface area (Å²) in [6.07, 6.45) is 2.20. The Hall–Kier alpha value is -1.15. The highest BCUT2D eigenvalue weighted by molar-refractivity contribution is 7.89. The molecule has 6 nitrogen and oxygen atoms in total. The number of piperidine rings is 1. The zero-order valence-corrected chi connectivity index (χ0v) is 18.9. The number of carbonyl (C=O) groups is 1. The summed E-state index contributed by atoms with van der Waals surface area (Å²) in [4.78, 5) is 15.0. The second kappa shape index (κ2) is 10.6. The minimum atomic E-state index is -3.75. The molecule has 1 aromatic carbocycles. The second-order valence-electron chi connectivity index (χ2n) is 8.14. The maximum atomic E-state index is 13.0. The standard InChI is InChI=1S/C20H33N3O3S.ClH/c1-14(2)13-19(20(24)23-11-9-17(10-12-23)16(4)21)22-27(25,26)18-7-5-15(3)6-8-18;/h5-8,14,16-17,19,22H,9-13,21H2,1-4H3;1H. The number of carbonyl (C=O) groups excluding carboxylic acids is 1. The van der Waals surface area contributed by atoms with Crippen LogP contribution in [-0.4, -0.2) is 44.4 Å². The van der Waals surface area contributed by atoms with Crippen LogP contribution in [0.2, 0.25) is 0 Å². The van der Waals surface area contributed by atoms with Crippen molar-refractivity contribution in [3.8, 4) is 0 Å². The summed E-state index contributed by atoms with van der Waals surface area (Å²) in [5.74, 6) is 0.477. The van der Waals surface area contributed by atoms with E-state index < -0.39 is 16.1 Å². The minimum absolute atomic E-state index is 0. The van der Waals surface area contributed by atoms with Crippen molar-refractivity contribution in [1.29, 1.82) is 0 Å². The molecule has 1 aromatic rings. The number of amides is 1. The summed E-state index contributed by atoms with van der Waals surface area (Å²) in [5, 5.41) is 0. The van der Waals surface area contributed by atoms with Gasteiger partial charge in [0, 0.05) is 19.1 Å². The highest BCUT2D eigenvalue weighted by Gasteiger charge is 2.32. The van der Waals surface area contributed by atoms with E-state index in [2.05, 4.69) is 4.72 Å². The zero-order valence-electron chi connectivity index (χ0n) is 17.2. The average molecular weight is 432 g/mol. The van der Waals surface area contributed by atoms with Crippen molar-refractivity contribution in [2.24, 2.45) is 17.6 Å². The van der Waals surface area contributed by atoms with Crippen LogP contribution >= 0.6 is 12.4 Å². The van der Waals surface area contributed by atoms with Gasteiger partial charge < -0.3 is 10.6 Å². The normalized spacial score (nSPS) is 17.9. The van der Waals surface area contributed by atoms with Crippen molar-refractivity contribution in [3.05, 3.63) is 29.8 Å². The average Bonchev–Trinajstić information content (AvgIpc) is 2.60. The van der Waals surface area contributed by atoms with E-state index in [0.29, 0.717) is 25.4 Å². The SMILES string of the molecule is Cc1ccc(S(=O)(=O)NC(CC(C)C)C(=O)N2CCC(C(C)N)CC2)cc1.Cl. The Bertz CT molecular complexity index is 728. The van der Waals surface area contributed by atoms with E-state index in [9.17, 15) is 13.2 Å². The van der Waals surface area contributed by atoms with Gasteiger partial charge in [-0.25, -0.2) is 8.42 Å². The first-order chi connectivity index (χ1) is 12.6. The quantitative estimate of drug-likeness (QED) is 0.694. The van der Waals surface area contributed by atoms with Gasteiger partial charge in [-0.15, -0.1) is 12.4 Å². The third-order valence-corrected chi connectivity index (χ3v) is 6.72. The Labute approximate surface area is 175 Å². The molecule has 8 heteroatoms. The third-order valence-electron chi connectivity index (χ3n) is 5.23. The Morgan fingerprint density at radius 3 is 2.18 bits per heavy atom. The molecule has 0 radical (unpaired) electrons. The fraction of sp³-hybridized carbons (Fsp3) is 0.650. The molecule has 0 saturated carbocycles. The van der Waals surface area contributed by atoms with Crippen molar-refractivity contribution in [1.82, 2.24) is 9.62 Å². The summed E-state index contributed by atoms with van der Waals surface area (Å²) in [6, 6.07) is 6.03. The number of rotatable bonds is 7. The molecule has 1 saturated heterocycles. The number of benzene rings is 1. The molecule has 2 rings (SSSR count). The third kappa shape index (κ3) is 6.72. The van der Waals surface area contributed by atoms with E-state index in [1.54, 1.807) is 29.2 Å². The highest BCUT2D eigenvalue weighted by Crippen LogP contribution is 2.22. The second-order valence-corrected chi connectivity index (χ2v) is 9.85. The van der Waals surface area contributed by atoms with Crippen molar-refractivity contribution in [2.75, 3.05) is 13.1 Å². The monoisotopic (exact) mass is 431 g/mol. The van der Waals surface area contributed by atoms with Crippen molar-refractivity contribution in [2.45, 2.75) is 63.9 Å². The number of sulfonamides is 1. The molecule has 1 amide bonds. The number of likely N-dealkylation sites (tertiary alicyclic amines) is 1. The molecule has 1 aliphatic rings. The Kier molecular flexibility index (Phi) is 9.40. The smallest absolute Gasteiger partial charge is 0.241 e. The first kappa shape index (κ1) is 24.9. The van der Waals surface area contributed by atoms with E-state index >= 15 is 0 Å². The fourth-order valence-corrected chi connectivity index (χ4v) is 4.71. The summed E-state index contributed by atoms with van der Waals surface area (Å²) in [7, 11) is -3.75. The van der Waals surface area contributed by atoms with Crippen LogP contribution in [0, 0.1) is 18.8 Å². The molecule has 0 aromatic heterocycles. The molecule has 1 heterocycles. The van der Waals surface area contributed by atoms with Crippen molar-refractivity contribution < 1.29 is 13.2 Å². The molecule has 3 N–H and O–H groups in total. The molecule has 1 aliphatic heterocycles. The largest absolute Gasteiger partial charge is 0.341 e. The van der Waals surface area contributed by atoms with E-state index in [4.69, 9.17) is 5.73 Å². The molecular weight excluding hydrogens is 398 g/mol. The van der Waals surface area contributed by atoms with Crippen LogP contribution in [-0.2, 0) is 14.8 Å². The van der Waals surface area contributed by atoms with Gasteiger partial charge in [0.2, 0.25) is 15.9 Å². The fourth-order valence-electron chi connectivity index (χ4n) is 3.51. The van der Waals surface area contributed by atoms with Crippen molar-refractivity contribution >= 4 is 28.3 Å². The molecule has 1 fully saturated rings. The van der Waals surface area contributed by atoms with Crippen LogP contribution in [0.4, 0.5) is 0 Å². The van der Waals surface area contributed by atoms with Crippen molar-refractivity contribution in [3.63, 3.8) is 0 Å². The molecule has 0 aliphatic carbocycles. The molecular formula is C20H34ClN3O3S. The van der Waals surface area contributed by atoms with Gasteiger partial charge in [0.25, 0.3) is 0 Å². The zero-order chi connectivity index (χ0) is 20.2. The molecule has 2 atom stereocenters. The Morgan fingerprint density at radius 2 is 1.71 bits per heavy atom. The van der Waals surface area contributed by atoms with Crippen LogP contribution in [0.25, 0.3) is 0 Å². The first-order valence-electron chi connectivity index (χ1n) is 9.73. The number of nitrogens with one attached hydrogen (secondary N) is 1. The lowest BCUT2D eigenvalue weighted by atomic mass is 9.90. The lowest BCUT2D eigenvalue weighted by Gasteiger charge is -2.36.